The average Bonchev–Trinajstić information content (AvgIpc) is 3.61. The summed E-state index contributed by atoms with van der Waals surface area (Å²) in [5, 5.41) is 20.6. The van der Waals surface area contributed by atoms with E-state index in [0.717, 1.165) is 84.7 Å². The molecule has 286 valence electrons. The van der Waals surface area contributed by atoms with Crippen molar-refractivity contribution in [2.75, 3.05) is 6.61 Å². The molecule has 2 saturated carbocycles. The quantitative estimate of drug-likeness (QED) is 0.0705. The molecule has 6 aliphatic rings. The maximum atomic E-state index is 14.2. The molecule has 55 heavy (non-hydrogen) atoms. The summed E-state index contributed by atoms with van der Waals surface area (Å²) in [6.45, 7) is 7.62. The molecule has 9 rings (SSSR count). The minimum absolute atomic E-state index is 0.0665. The summed E-state index contributed by atoms with van der Waals surface area (Å²) in [5.41, 5.74) is 4.82. The van der Waals surface area contributed by atoms with Crippen LogP contribution in [-0.2, 0) is 19.1 Å². The highest BCUT2D eigenvalue weighted by molar-refractivity contribution is 8.24. The number of fused-ring (bicyclic) bond motifs is 1. The van der Waals surface area contributed by atoms with E-state index >= 15 is 0 Å². The number of esters is 3. The Morgan fingerprint density at radius 1 is 0.727 bits per heavy atom. The van der Waals surface area contributed by atoms with Crippen LogP contribution in [0.1, 0.15) is 131 Å². The number of carbonyl (C=O) groups excluding carboxylic acids is 3. The molecule has 8 nitrogen and oxygen atoms in total. The van der Waals surface area contributed by atoms with Gasteiger partial charge in [0.2, 0.25) is 0 Å². The van der Waals surface area contributed by atoms with Crippen LogP contribution in [0.5, 0.6) is 11.5 Å². The third-order valence-electron chi connectivity index (χ3n) is 12.2. The van der Waals surface area contributed by atoms with Crippen molar-refractivity contribution in [2.45, 2.75) is 113 Å². The molecule has 0 saturated heterocycles. The van der Waals surface area contributed by atoms with Crippen LogP contribution in [0.2, 0.25) is 0 Å². The third-order valence-corrected chi connectivity index (χ3v) is 14.8. The number of nitriles is 1. The number of nitrogens with zero attached hydrogens (tertiary/aromatic N) is 1. The molecule has 1 heterocycles. The molecule has 1 N–H and O–H groups in total. The Morgan fingerprint density at radius 2 is 1.13 bits per heavy atom. The molecule has 0 spiro atoms. The van der Waals surface area contributed by atoms with Crippen molar-refractivity contribution >= 4 is 41.4 Å². The minimum atomic E-state index is -1.05. The third kappa shape index (κ3) is 7.13. The van der Waals surface area contributed by atoms with Crippen LogP contribution in [-0.4, -0.2) is 35.2 Å². The van der Waals surface area contributed by atoms with Crippen LogP contribution in [0.15, 0.2) is 68.1 Å². The first-order chi connectivity index (χ1) is 26.4. The topological polar surface area (TPSA) is 123 Å². The lowest BCUT2D eigenvalue weighted by Gasteiger charge is -2.43. The van der Waals surface area contributed by atoms with Gasteiger partial charge in [-0.05, 0) is 99.3 Å². The molecule has 2 fully saturated rings. The van der Waals surface area contributed by atoms with E-state index in [0.29, 0.717) is 37.4 Å². The molecule has 0 unspecified atom stereocenters. The van der Waals surface area contributed by atoms with E-state index in [1.165, 1.54) is 23.5 Å². The molecular weight excluding hydrogens is 731 g/mol. The number of aliphatic hydroxyl groups is 1. The highest BCUT2D eigenvalue weighted by atomic mass is 32.2. The molecule has 3 aromatic carbocycles. The van der Waals surface area contributed by atoms with E-state index in [-0.39, 0.29) is 54.2 Å². The second-order valence-electron chi connectivity index (χ2n) is 16.7. The van der Waals surface area contributed by atoms with Gasteiger partial charge in [-0.3, -0.25) is 9.59 Å². The maximum absolute atomic E-state index is 14.2. The van der Waals surface area contributed by atoms with Gasteiger partial charge in [-0.2, -0.15) is 5.26 Å². The van der Waals surface area contributed by atoms with Gasteiger partial charge in [-0.25, -0.2) is 4.79 Å². The Kier molecular flexibility index (Phi) is 10.4. The average molecular weight is 778 g/mol. The van der Waals surface area contributed by atoms with Gasteiger partial charge in [0.1, 0.15) is 6.07 Å². The van der Waals surface area contributed by atoms with Gasteiger partial charge in [0.25, 0.3) is 0 Å². The number of hydrogen-bond donors (Lipinski definition) is 1. The van der Waals surface area contributed by atoms with E-state index in [2.05, 4.69) is 44.2 Å². The number of benzene rings is 3. The zero-order chi connectivity index (χ0) is 38.6. The van der Waals surface area contributed by atoms with Crippen LogP contribution in [0.3, 0.4) is 0 Å². The standard InChI is InChI=1S/C45H47NO7S2/c1-24-13-17-26(18-14-24)41(47)52-37-35-33-28-9-5-7-11-30(28)34(31-12-8-6-10-29(31)33)36(35)38(53-42(48)27-19-15-25(2)16-20-27)40-39(37)54-44(55-40)32(23-46)43(49)51-22-21-45(3,4)50/h5-12,24-27,33-34,50H,13-22H2,1-4H3. The summed E-state index contributed by atoms with van der Waals surface area (Å²) in [6.07, 6.45) is 7.01. The zero-order valence-electron chi connectivity index (χ0n) is 31.8. The first-order valence-electron chi connectivity index (χ1n) is 19.7. The van der Waals surface area contributed by atoms with Gasteiger partial charge in [0.15, 0.2) is 17.1 Å². The van der Waals surface area contributed by atoms with Gasteiger partial charge >= 0.3 is 17.9 Å². The van der Waals surface area contributed by atoms with E-state index in [1.54, 1.807) is 13.8 Å². The van der Waals surface area contributed by atoms with E-state index in [4.69, 9.17) is 14.2 Å². The van der Waals surface area contributed by atoms with Gasteiger partial charge < -0.3 is 19.3 Å². The molecule has 5 aliphatic carbocycles. The van der Waals surface area contributed by atoms with Crippen LogP contribution < -0.4 is 9.47 Å². The molecule has 1 aliphatic heterocycles. The summed E-state index contributed by atoms with van der Waals surface area (Å²) < 4.78 is 19.2. The van der Waals surface area contributed by atoms with Crippen LogP contribution in [0, 0.1) is 35.0 Å². The fourth-order valence-corrected chi connectivity index (χ4v) is 11.6. The summed E-state index contributed by atoms with van der Waals surface area (Å²) in [6, 6.07) is 18.7. The smallest absolute Gasteiger partial charge is 0.350 e. The van der Waals surface area contributed by atoms with E-state index < -0.39 is 11.6 Å². The SMILES string of the molecule is CC1CCC(C(=O)Oc2c3c(c(OC(=O)C4CCC(C)CC4)c4c2C2c5ccccc5C4c4ccccc42)SC(=C(C#N)C(=O)OCCC(C)(C)O)S3)CC1. The van der Waals surface area contributed by atoms with Crippen LogP contribution in [0.4, 0.5) is 0 Å². The molecule has 0 atom stereocenters. The van der Waals surface area contributed by atoms with Crippen molar-refractivity contribution in [1.82, 2.24) is 0 Å². The Bertz CT molecular complexity index is 1960. The molecule has 0 amide bonds. The monoisotopic (exact) mass is 777 g/mol. The van der Waals surface area contributed by atoms with Crippen molar-refractivity contribution in [1.29, 1.82) is 5.26 Å². The number of thioether (sulfide) groups is 2. The lowest BCUT2D eigenvalue weighted by molar-refractivity contribution is -0.141. The largest absolute Gasteiger partial charge is 0.461 e. The van der Waals surface area contributed by atoms with Crippen molar-refractivity contribution in [3.8, 4) is 17.6 Å². The second-order valence-corrected chi connectivity index (χ2v) is 19.0. The summed E-state index contributed by atoms with van der Waals surface area (Å²) in [5.74, 6) is -0.530. The lowest BCUT2D eigenvalue weighted by Crippen LogP contribution is -2.32. The Labute approximate surface area is 331 Å². The van der Waals surface area contributed by atoms with E-state index in [1.807, 2.05) is 24.3 Å². The fourth-order valence-electron chi connectivity index (χ4n) is 9.00. The lowest BCUT2D eigenvalue weighted by atomic mass is 9.60. The predicted molar refractivity (Wildman–Crippen MR) is 211 cm³/mol. The van der Waals surface area contributed by atoms with Crippen LogP contribution >= 0.6 is 23.5 Å². The molecule has 0 radical (unpaired) electrons. The van der Waals surface area contributed by atoms with E-state index in [9.17, 15) is 24.8 Å². The van der Waals surface area contributed by atoms with Crippen molar-refractivity contribution in [3.05, 3.63) is 91.7 Å². The summed E-state index contributed by atoms with van der Waals surface area (Å²) in [7, 11) is 0. The van der Waals surface area contributed by atoms with Crippen molar-refractivity contribution in [2.24, 2.45) is 23.7 Å². The summed E-state index contributed by atoms with van der Waals surface area (Å²) >= 11 is 2.39. The van der Waals surface area contributed by atoms with Gasteiger partial charge in [0.05, 0.1) is 38.1 Å². The molecular formula is C45H47NO7S2. The maximum Gasteiger partial charge on any atom is 0.350 e. The number of carbonyl (C=O) groups is 3. The Morgan fingerprint density at radius 3 is 1.49 bits per heavy atom. The minimum Gasteiger partial charge on any atom is -0.461 e. The zero-order valence-corrected chi connectivity index (χ0v) is 33.4. The van der Waals surface area contributed by atoms with Gasteiger partial charge in [-0.15, -0.1) is 0 Å². The first-order valence-corrected chi connectivity index (χ1v) is 21.3. The number of ether oxygens (including phenoxy) is 3. The summed E-state index contributed by atoms with van der Waals surface area (Å²) in [4.78, 5) is 43.1. The highest BCUT2D eigenvalue weighted by Gasteiger charge is 2.49. The molecule has 2 bridgehead atoms. The predicted octanol–water partition coefficient (Wildman–Crippen LogP) is 9.77. The molecule has 3 aromatic rings. The Hall–Kier alpha value is -4.04. The molecule has 10 heteroatoms. The van der Waals surface area contributed by atoms with Gasteiger partial charge in [-0.1, -0.05) is 85.9 Å². The highest BCUT2D eigenvalue weighted by Crippen LogP contribution is 2.68. The number of rotatable bonds is 8. The fraction of sp³-hybridized carbons (Fsp3) is 0.467. The normalized spacial score (nSPS) is 24.8. The van der Waals surface area contributed by atoms with Crippen molar-refractivity contribution in [3.63, 3.8) is 0 Å². The number of hydrogen-bond acceptors (Lipinski definition) is 10. The second kappa shape index (κ2) is 15.1. The van der Waals surface area contributed by atoms with Gasteiger partial charge in [0, 0.05) is 29.4 Å². The van der Waals surface area contributed by atoms with Crippen LogP contribution in [0.25, 0.3) is 0 Å². The molecule has 0 aromatic heterocycles. The van der Waals surface area contributed by atoms with Crippen molar-refractivity contribution < 1.29 is 33.7 Å². The Balaban J connectivity index is 1.31. The first kappa shape index (κ1) is 37.9.